The molecule has 2 unspecified atom stereocenters. The highest BCUT2D eigenvalue weighted by Gasteiger charge is 2.18. The molecule has 0 aromatic rings. The van der Waals surface area contributed by atoms with Crippen LogP contribution in [0.4, 0.5) is 0 Å². The van der Waals surface area contributed by atoms with Crippen LogP contribution in [0, 0.1) is 5.92 Å². The van der Waals surface area contributed by atoms with E-state index in [1.807, 2.05) is 20.8 Å². The van der Waals surface area contributed by atoms with Crippen LogP contribution in [0.2, 0.25) is 0 Å². The molecule has 0 fully saturated rings. The highest BCUT2D eigenvalue weighted by molar-refractivity contribution is 5.77. The summed E-state index contributed by atoms with van der Waals surface area (Å²) in [7, 11) is 0. The Kier molecular flexibility index (Phi) is 7.54. The summed E-state index contributed by atoms with van der Waals surface area (Å²) in [5, 5.41) is 11.5. The predicted octanol–water partition coefficient (Wildman–Crippen LogP) is 1.12. The van der Waals surface area contributed by atoms with Crippen molar-refractivity contribution in [3.05, 3.63) is 0 Å². The average molecular weight is 244 g/mol. The van der Waals surface area contributed by atoms with Crippen LogP contribution in [0.1, 0.15) is 46.5 Å². The van der Waals surface area contributed by atoms with Crippen molar-refractivity contribution in [3.8, 4) is 0 Å². The largest absolute Gasteiger partial charge is 0.481 e. The first-order valence-electron chi connectivity index (χ1n) is 6.09. The van der Waals surface area contributed by atoms with Gasteiger partial charge in [-0.2, -0.15) is 0 Å². The summed E-state index contributed by atoms with van der Waals surface area (Å²) in [6, 6.07) is -0.196. The van der Waals surface area contributed by atoms with Crippen LogP contribution >= 0.6 is 0 Å². The van der Waals surface area contributed by atoms with Crippen molar-refractivity contribution in [1.82, 2.24) is 5.32 Å². The summed E-state index contributed by atoms with van der Waals surface area (Å²) >= 11 is 0. The minimum absolute atomic E-state index is 0.0311. The van der Waals surface area contributed by atoms with Gasteiger partial charge >= 0.3 is 5.97 Å². The van der Waals surface area contributed by atoms with Gasteiger partial charge in [0.15, 0.2) is 0 Å². The first-order valence-corrected chi connectivity index (χ1v) is 6.09. The molecule has 0 aromatic heterocycles. The number of carboxylic acid groups (broad SMARTS) is 1. The van der Waals surface area contributed by atoms with Crippen LogP contribution < -0.4 is 11.1 Å². The molecule has 2 atom stereocenters. The SMILES string of the molecule is CC(N)CCCC(=O)NC(CC(=O)O)C(C)C. The molecule has 0 radical (unpaired) electrons. The van der Waals surface area contributed by atoms with Crippen molar-refractivity contribution in [3.63, 3.8) is 0 Å². The first kappa shape index (κ1) is 15.9. The lowest BCUT2D eigenvalue weighted by atomic mass is 10.0. The molecular weight excluding hydrogens is 220 g/mol. The molecule has 1 amide bonds. The zero-order valence-electron chi connectivity index (χ0n) is 10.9. The minimum atomic E-state index is -0.889. The lowest BCUT2D eigenvalue weighted by Gasteiger charge is -2.20. The summed E-state index contributed by atoms with van der Waals surface area (Å²) in [5.74, 6) is -0.867. The van der Waals surface area contributed by atoms with E-state index in [4.69, 9.17) is 10.8 Å². The number of carboxylic acids is 1. The Morgan fingerprint density at radius 1 is 1.29 bits per heavy atom. The van der Waals surface area contributed by atoms with Crippen molar-refractivity contribution >= 4 is 11.9 Å². The molecule has 0 saturated carbocycles. The monoisotopic (exact) mass is 244 g/mol. The van der Waals surface area contributed by atoms with Gasteiger partial charge in [-0.05, 0) is 25.7 Å². The molecule has 0 spiro atoms. The first-order chi connectivity index (χ1) is 7.82. The second kappa shape index (κ2) is 8.06. The number of nitrogens with one attached hydrogen (secondary N) is 1. The van der Waals surface area contributed by atoms with Crippen LogP contribution in [-0.2, 0) is 9.59 Å². The molecule has 0 bridgehead atoms. The van der Waals surface area contributed by atoms with Gasteiger partial charge in [-0.15, -0.1) is 0 Å². The third-order valence-electron chi connectivity index (χ3n) is 2.61. The van der Waals surface area contributed by atoms with Crippen molar-refractivity contribution in [2.45, 2.75) is 58.5 Å². The molecule has 4 N–H and O–H groups in total. The fourth-order valence-electron chi connectivity index (χ4n) is 1.51. The molecule has 0 saturated heterocycles. The summed E-state index contributed by atoms with van der Waals surface area (Å²) in [5.41, 5.74) is 5.58. The van der Waals surface area contributed by atoms with E-state index in [2.05, 4.69) is 5.32 Å². The molecule has 0 aliphatic carbocycles. The smallest absolute Gasteiger partial charge is 0.305 e. The van der Waals surface area contributed by atoms with Crippen LogP contribution in [0.5, 0.6) is 0 Å². The van der Waals surface area contributed by atoms with Crippen LogP contribution in [0.3, 0.4) is 0 Å². The zero-order chi connectivity index (χ0) is 13.4. The van der Waals surface area contributed by atoms with Gasteiger partial charge in [-0.3, -0.25) is 9.59 Å². The lowest BCUT2D eigenvalue weighted by molar-refractivity contribution is -0.138. The Balaban J connectivity index is 4.00. The average Bonchev–Trinajstić information content (AvgIpc) is 2.15. The quantitative estimate of drug-likeness (QED) is 0.596. The van der Waals surface area contributed by atoms with E-state index in [0.717, 1.165) is 12.8 Å². The predicted molar refractivity (Wildman–Crippen MR) is 66.5 cm³/mol. The molecule has 0 heterocycles. The maximum Gasteiger partial charge on any atom is 0.305 e. The third-order valence-corrected chi connectivity index (χ3v) is 2.61. The van der Waals surface area contributed by atoms with E-state index in [0.29, 0.717) is 6.42 Å². The highest BCUT2D eigenvalue weighted by Crippen LogP contribution is 2.07. The molecule has 0 aromatic carbocycles. The molecule has 100 valence electrons. The third kappa shape index (κ3) is 8.68. The molecule has 5 nitrogen and oxygen atoms in total. The molecule has 5 heteroatoms. The van der Waals surface area contributed by atoms with Gasteiger partial charge < -0.3 is 16.2 Å². The number of amides is 1. The number of nitrogens with two attached hydrogens (primary N) is 1. The van der Waals surface area contributed by atoms with Crippen molar-refractivity contribution in [2.24, 2.45) is 11.7 Å². The molecular formula is C12H24N2O3. The van der Waals surface area contributed by atoms with Crippen LogP contribution in [0.15, 0.2) is 0 Å². The van der Waals surface area contributed by atoms with E-state index in [1.165, 1.54) is 0 Å². The Labute approximate surface area is 103 Å². The standard InChI is InChI=1S/C12H24N2O3/c1-8(2)10(7-12(16)17)14-11(15)6-4-5-9(3)13/h8-10H,4-7,13H2,1-3H3,(H,14,15)(H,16,17). The van der Waals surface area contributed by atoms with Gasteiger partial charge in [0.1, 0.15) is 0 Å². The Hall–Kier alpha value is -1.10. The van der Waals surface area contributed by atoms with Gasteiger partial charge in [0.05, 0.1) is 6.42 Å². The minimum Gasteiger partial charge on any atom is -0.481 e. The Morgan fingerprint density at radius 2 is 1.88 bits per heavy atom. The number of hydrogen-bond acceptors (Lipinski definition) is 3. The highest BCUT2D eigenvalue weighted by atomic mass is 16.4. The van der Waals surface area contributed by atoms with E-state index < -0.39 is 5.97 Å². The molecule has 0 aliphatic heterocycles. The lowest BCUT2D eigenvalue weighted by Crippen LogP contribution is -2.40. The normalized spacial score (nSPS) is 14.4. The van der Waals surface area contributed by atoms with E-state index in [-0.39, 0.29) is 30.3 Å². The molecule has 0 rings (SSSR count). The molecule has 17 heavy (non-hydrogen) atoms. The number of rotatable bonds is 8. The zero-order valence-corrected chi connectivity index (χ0v) is 10.9. The van der Waals surface area contributed by atoms with Gasteiger partial charge in [0, 0.05) is 18.5 Å². The summed E-state index contributed by atoms with van der Waals surface area (Å²) in [6.07, 6.45) is 1.92. The Bertz CT molecular complexity index is 252. The number of hydrogen-bond donors (Lipinski definition) is 3. The van der Waals surface area contributed by atoms with Gasteiger partial charge in [0.2, 0.25) is 5.91 Å². The summed E-state index contributed by atoms with van der Waals surface area (Å²) in [6.45, 7) is 5.70. The van der Waals surface area contributed by atoms with Gasteiger partial charge in [-0.25, -0.2) is 0 Å². The topological polar surface area (TPSA) is 92.4 Å². The fourth-order valence-corrected chi connectivity index (χ4v) is 1.51. The molecule has 0 aliphatic rings. The maximum atomic E-state index is 11.6. The number of carbonyl (C=O) groups excluding carboxylic acids is 1. The fraction of sp³-hybridized carbons (Fsp3) is 0.833. The van der Waals surface area contributed by atoms with Crippen LogP contribution in [0.25, 0.3) is 0 Å². The second-order valence-electron chi connectivity index (χ2n) is 4.89. The van der Waals surface area contributed by atoms with E-state index >= 15 is 0 Å². The summed E-state index contributed by atoms with van der Waals surface area (Å²) in [4.78, 5) is 22.2. The number of carbonyl (C=O) groups is 2. The van der Waals surface area contributed by atoms with E-state index in [9.17, 15) is 9.59 Å². The van der Waals surface area contributed by atoms with Crippen molar-refractivity contribution in [2.75, 3.05) is 0 Å². The van der Waals surface area contributed by atoms with Crippen molar-refractivity contribution in [1.29, 1.82) is 0 Å². The van der Waals surface area contributed by atoms with Crippen LogP contribution in [-0.4, -0.2) is 29.1 Å². The van der Waals surface area contributed by atoms with Crippen molar-refractivity contribution < 1.29 is 14.7 Å². The van der Waals surface area contributed by atoms with Gasteiger partial charge in [0.25, 0.3) is 0 Å². The number of aliphatic carboxylic acids is 1. The van der Waals surface area contributed by atoms with Gasteiger partial charge in [-0.1, -0.05) is 13.8 Å². The summed E-state index contributed by atoms with van der Waals surface area (Å²) < 4.78 is 0. The van der Waals surface area contributed by atoms with E-state index in [1.54, 1.807) is 0 Å². The Morgan fingerprint density at radius 3 is 2.29 bits per heavy atom. The maximum absolute atomic E-state index is 11.6. The second-order valence-corrected chi connectivity index (χ2v) is 4.89.